The van der Waals surface area contributed by atoms with Crippen molar-refractivity contribution in [3.05, 3.63) is 0 Å². The summed E-state index contributed by atoms with van der Waals surface area (Å²) in [5.74, 6) is 1.10. The molecule has 0 aromatic heterocycles. The molecular weight excluding hydrogens is 214 g/mol. The molecule has 1 aliphatic heterocycles. The third-order valence-corrected chi connectivity index (χ3v) is 3.38. The molecule has 3 nitrogen and oxygen atoms in total. The number of hydrogen-bond donors (Lipinski definition) is 1. The third-order valence-electron chi connectivity index (χ3n) is 3.38. The minimum absolute atomic E-state index is 0.187. The van der Waals surface area contributed by atoms with Crippen LogP contribution in [0.3, 0.4) is 0 Å². The lowest BCUT2D eigenvalue weighted by molar-refractivity contribution is -0.0715. The maximum absolute atomic E-state index is 5.95. The first-order valence-electron chi connectivity index (χ1n) is 6.79. The van der Waals surface area contributed by atoms with Crippen LogP contribution in [0.2, 0.25) is 0 Å². The van der Waals surface area contributed by atoms with Crippen LogP contribution in [-0.2, 0) is 9.47 Å². The predicted molar refractivity (Wildman–Crippen MR) is 71.3 cm³/mol. The van der Waals surface area contributed by atoms with E-state index in [0.717, 1.165) is 19.8 Å². The van der Waals surface area contributed by atoms with Crippen molar-refractivity contribution in [1.29, 1.82) is 0 Å². The molecule has 17 heavy (non-hydrogen) atoms. The quantitative estimate of drug-likeness (QED) is 0.804. The molecule has 0 saturated carbocycles. The van der Waals surface area contributed by atoms with Gasteiger partial charge in [-0.15, -0.1) is 0 Å². The molecule has 1 fully saturated rings. The van der Waals surface area contributed by atoms with E-state index in [0.29, 0.717) is 17.9 Å². The van der Waals surface area contributed by atoms with Gasteiger partial charge < -0.3 is 14.8 Å². The van der Waals surface area contributed by atoms with Crippen LogP contribution in [0.5, 0.6) is 0 Å². The summed E-state index contributed by atoms with van der Waals surface area (Å²) in [5.41, 5.74) is 0.187. The van der Waals surface area contributed by atoms with Gasteiger partial charge in [-0.1, -0.05) is 6.92 Å². The normalized spacial score (nSPS) is 28.1. The topological polar surface area (TPSA) is 30.5 Å². The van der Waals surface area contributed by atoms with E-state index in [-0.39, 0.29) is 5.54 Å². The Morgan fingerprint density at radius 1 is 1.41 bits per heavy atom. The van der Waals surface area contributed by atoms with Gasteiger partial charge in [-0.25, -0.2) is 0 Å². The molecule has 0 aromatic rings. The lowest BCUT2D eigenvalue weighted by Gasteiger charge is -2.37. The highest BCUT2D eigenvalue weighted by molar-refractivity contribution is 4.83. The molecule has 3 heteroatoms. The Kier molecular flexibility index (Phi) is 5.90. The van der Waals surface area contributed by atoms with Crippen molar-refractivity contribution in [2.75, 3.05) is 26.9 Å². The van der Waals surface area contributed by atoms with Crippen molar-refractivity contribution in [2.45, 2.75) is 52.2 Å². The first-order chi connectivity index (χ1) is 7.94. The molecule has 3 unspecified atom stereocenters. The van der Waals surface area contributed by atoms with Crippen LogP contribution < -0.4 is 5.32 Å². The second-order valence-corrected chi connectivity index (χ2v) is 6.30. The molecule has 0 aromatic carbocycles. The van der Waals surface area contributed by atoms with Crippen LogP contribution in [-0.4, -0.2) is 38.5 Å². The Hall–Kier alpha value is -0.120. The van der Waals surface area contributed by atoms with Gasteiger partial charge >= 0.3 is 0 Å². The SMILES string of the molecule is COCC(C)C1OCCCC1CNC(C)(C)C. The molecular formula is C14H29NO2. The molecule has 0 bridgehead atoms. The minimum Gasteiger partial charge on any atom is -0.384 e. The summed E-state index contributed by atoms with van der Waals surface area (Å²) in [5, 5.41) is 3.60. The van der Waals surface area contributed by atoms with Crippen molar-refractivity contribution in [3.63, 3.8) is 0 Å². The number of nitrogens with one attached hydrogen (secondary N) is 1. The lowest BCUT2D eigenvalue weighted by atomic mass is 9.86. The van der Waals surface area contributed by atoms with Gasteiger partial charge in [0.05, 0.1) is 12.7 Å². The Labute approximate surface area is 106 Å². The summed E-state index contributed by atoms with van der Waals surface area (Å²) in [4.78, 5) is 0. The number of rotatable bonds is 5. The second-order valence-electron chi connectivity index (χ2n) is 6.30. The van der Waals surface area contributed by atoms with E-state index in [2.05, 4.69) is 33.0 Å². The third kappa shape index (κ3) is 5.36. The van der Waals surface area contributed by atoms with E-state index >= 15 is 0 Å². The summed E-state index contributed by atoms with van der Waals surface area (Å²) in [6.45, 7) is 11.6. The van der Waals surface area contributed by atoms with Gasteiger partial charge in [-0.2, -0.15) is 0 Å². The van der Waals surface area contributed by atoms with Gasteiger partial charge in [0.25, 0.3) is 0 Å². The fraction of sp³-hybridized carbons (Fsp3) is 1.00. The number of methoxy groups -OCH3 is 1. The summed E-state index contributed by atoms with van der Waals surface area (Å²) < 4.78 is 11.2. The second kappa shape index (κ2) is 6.72. The van der Waals surface area contributed by atoms with Crippen LogP contribution in [0.25, 0.3) is 0 Å². The predicted octanol–water partition coefficient (Wildman–Crippen LogP) is 2.45. The van der Waals surface area contributed by atoms with Crippen LogP contribution in [0.4, 0.5) is 0 Å². The van der Waals surface area contributed by atoms with Gasteiger partial charge in [-0.3, -0.25) is 0 Å². The van der Waals surface area contributed by atoms with Crippen LogP contribution in [0.15, 0.2) is 0 Å². The van der Waals surface area contributed by atoms with E-state index in [1.165, 1.54) is 12.8 Å². The number of hydrogen-bond acceptors (Lipinski definition) is 3. The van der Waals surface area contributed by atoms with Gasteiger partial charge in [0.2, 0.25) is 0 Å². The molecule has 0 aliphatic carbocycles. The standard InChI is InChI=1S/C14H29NO2/c1-11(10-16-5)13-12(7-6-8-17-13)9-15-14(2,3)4/h11-13,15H,6-10H2,1-5H3. The molecule has 102 valence electrons. The summed E-state index contributed by atoms with van der Waals surface area (Å²) in [6, 6.07) is 0. The maximum atomic E-state index is 5.95. The van der Waals surface area contributed by atoms with Crippen LogP contribution in [0, 0.1) is 11.8 Å². The van der Waals surface area contributed by atoms with E-state index in [1.807, 2.05) is 0 Å². The minimum atomic E-state index is 0.187. The first kappa shape index (κ1) is 14.9. The van der Waals surface area contributed by atoms with Crippen LogP contribution >= 0.6 is 0 Å². The van der Waals surface area contributed by atoms with E-state index in [9.17, 15) is 0 Å². The van der Waals surface area contributed by atoms with Gasteiger partial charge in [0, 0.05) is 31.7 Å². The van der Waals surface area contributed by atoms with Crippen molar-refractivity contribution in [3.8, 4) is 0 Å². The molecule has 1 rings (SSSR count). The van der Waals surface area contributed by atoms with E-state index in [4.69, 9.17) is 9.47 Å². The van der Waals surface area contributed by atoms with E-state index in [1.54, 1.807) is 7.11 Å². The molecule has 0 radical (unpaired) electrons. The van der Waals surface area contributed by atoms with E-state index < -0.39 is 0 Å². The fourth-order valence-corrected chi connectivity index (χ4v) is 2.51. The Balaban J connectivity index is 2.47. The van der Waals surface area contributed by atoms with Gasteiger partial charge in [0.15, 0.2) is 0 Å². The summed E-state index contributed by atoms with van der Waals surface area (Å²) in [6.07, 6.45) is 2.80. The zero-order chi connectivity index (χ0) is 12.9. The molecule has 1 saturated heterocycles. The van der Waals surface area contributed by atoms with Crippen molar-refractivity contribution < 1.29 is 9.47 Å². The Morgan fingerprint density at radius 2 is 2.12 bits per heavy atom. The number of ether oxygens (including phenoxy) is 2. The van der Waals surface area contributed by atoms with Gasteiger partial charge in [0.1, 0.15) is 0 Å². The molecule has 1 N–H and O–H groups in total. The van der Waals surface area contributed by atoms with Crippen molar-refractivity contribution in [1.82, 2.24) is 5.32 Å². The molecule has 1 aliphatic rings. The first-order valence-corrected chi connectivity index (χ1v) is 6.79. The van der Waals surface area contributed by atoms with Gasteiger partial charge in [-0.05, 0) is 39.5 Å². The zero-order valence-electron chi connectivity index (χ0n) is 12.1. The summed E-state index contributed by atoms with van der Waals surface area (Å²) >= 11 is 0. The maximum Gasteiger partial charge on any atom is 0.0662 e. The van der Waals surface area contributed by atoms with Crippen molar-refractivity contribution >= 4 is 0 Å². The average Bonchev–Trinajstić information content (AvgIpc) is 2.26. The molecule has 0 spiro atoms. The molecule has 3 atom stereocenters. The average molecular weight is 243 g/mol. The smallest absolute Gasteiger partial charge is 0.0662 e. The Morgan fingerprint density at radius 3 is 2.71 bits per heavy atom. The zero-order valence-corrected chi connectivity index (χ0v) is 12.1. The highest BCUT2D eigenvalue weighted by atomic mass is 16.5. The Bertz CT molecular complexity index is 213. The highest BCUT2D eigenvalue weighted by Gasteiger charge is 2.31. The fourth-order valence-electron chi connectivity index (χ4n) is 2.51. The monoisotopic (exact) mass is 243 g/mol. The summed E-state index contributed by atoms with van der Waals surface area (Å²) in [7, 11) is 1.77. The lowest BCUT2D eigenvalue weighted by Crippen LogP contribution is -2.46. The van der Waals surface area contributed by atoms with Crippen LogP contribution in [0.1, 0.15) is 40.5 Å². The largest absolute Gasteiger partial charge is 0.384 e. The van der Waals surface area contributed by atoms with Crippen molar-refractivity contribution in [2.24, 2.45) is 11.8 Å². The molecule has 1 heterocycles. The highest BCUT2D eigenvalue weighted by Crippen LogP contribution is 2.26. The molecule has 0 amide bonds.